The second-order valence-corrected chi connectivity index (χ2v) is 7.25. The van der Waals surface area contributed by atoms with Crippen molar-refractivity contribution in [3.63, 3.8) is 0 Å². The van der Waals surface area contributed by atoms with Crippen molar-refractivity contribution >= 4 is 55.6 Å². The Kier molecular flexibility index (Phi) is 4.01. The molecule has 4 aromatic rings. The average Bonchev–Trinajstić information content (AvgIpc) is 2.96. The van der Waals surface area contributed by atoms with Crippen molar-refractivity contribution in [3.05, 3.63) is 64.5 Å². The molecule has 0 atom stereocenters. The summed E-state index contributed by atoms with van der Waals surface area (Å²) in [7, 11) is 0. The van der Waals surface area contributed by atoms with Crippen molar-refractivity contribution in [2.24, 2.45) is 5.73 Å². The topological polar surface area (TPSA) is 111 Å². The zero-order valence-electron chi connectivity index (χ0n) is 14.4. The maximum atomic E-state index is 12.8. The van der Waals surface area contributed by atoms with Crippen LogP contribution in [-0.4, -0.2) is 16.8 Å². The Hall–Kier alpha value is -3.45. The number of hydrogen-bond acceptors (Lipinski definition) is 5. The summed E-state index contributed by atoms with van der Waals surface area (Å²) in [4.78, 5) is 30.0. The number of fused-ring (bicyclic) bond motifs is 2. The Bertz CT molecular complexity index is 1230. The molecule has 0 spiro atoms. The van der Waals surface area contributed by atoms with Gasteiger partial charge in [-0.2, -0.15) is 0 Å². The number of anilines is 2. The van der Waals surface area contributed by atoms with E-state index < -0.39 is 11.8 Å². The fourth-order valence-corrected chi connectivity index (χ4v) is 3.94. The van der Waals surface area contributed by atoms with Crippen LogP contribution in [0.4, 0.5) is 11.4 Å². The Morgan fingerprint density at radius 1 is 1.11 bits per heavy atom. The summed E-state index contributed by atoms with van der Waals surface area (Å²) >= 11 is 1.22. The van der Waals surface area contributed by atoms with Crippen molar-refractivity contribution in [3.8, 4) is 0 Å². The van der Waals surface area contributed by atoms with Gasteiger partial charge in [0.2, 0.25) is 0 Å². The summed E-state index contributed by atoms with van der Waals surface area (Å²) in [5, 5.41) is 4.43. The van der Waals surface area contributed by atoms with Crippen LogP contribution in [0.15, 0.2) is 48.5 Å². The standard InChI is InChI=1S/C20H16N4O2S/c1-10-6-7-11-9-13-16(21)17(27-20(13)24-15(11)8-10)19(26)23-14-5-3-2-4-12(14)18(22)25/h2-9H,21H2,1H3,(H2,22,25)(H,23,26). The number of pyridine rings is 1. The van der Waals surface area contributed by atoms with Crippen molar-refractivity contribution < 1.29 is 9.59 Å². The van der Waals surface area contributed by atoms with Gasteiger partial charge in [0, 0.05) is 10.8 Å². The zero-order chi connectivity index (χ0) is 19.1. The molecule has 7 heteroatoms. The second-order valence-electron chi connectivity index (χ2n) is 6.25. The van der Waals surface area contributed by atoms with E-state index >= 15 is 0 Å². The molecule has 2 aromatic heterocycles. The second kappa shape index (κ2) is 6.37. The van der Waals surface area contributed by atoms with Crippen LogP contribution in [0.2, 0.25) is 0 Å². The van der Waals surface area contributed by atoms with Gasteiger partial charge >= 0.3 is 0 Å². The van der Waals surface area contributed by atoms with Gasteiger partial charge < -0.3 is 16.8 Å². The fourth-order valence-electron chi connectivity index (χ4n) is 2.96. The largest absolute Gasteiger partial charge is 0.397 e. The monoisotopic (exact) mass is 376 g/mol. The van der Waals surface area contributed by atoms with E-state index in [4.69, 9.17) is 11.5 Å². The lowest BCUT2D eigenvalue weighted by Crippen LogP contribution is -2.18. The third-order valence-electron chi connectivity index (χ3n) is 4.32. The van der Waals surface area contributed by atoms with Gasteiger partial charge in [-0.1, -0.05) is 24.3 Å². The first kappa shape index (κ1) is 17.0. The third-order valence-corrected chi connectivity index (χ3v) is 5.43. The van der Waals surface area contributed by atoms with Gasteiger partial charge in [-0.15, -0.1) is 11.3 Å². The first-order valence-electron chi connectivity index (χ1n) is 8.23. The summed E-state index contributed by atoms with van der Waals surface area (Å²) in [6.45, 7) is 2.00. The number of aryl methyl sites for hydroxylation is 1. The number of rotatable bonds is 3. The molecule has 0 saturated heterocycles. The maximum Gasteiger partial charge on any atom is 0.267 e. The molecule has 5 N–H and O–H groups in total. The predicted molar refractivity (Wildman–Crippen MR) is 109 cm³/mol. The number of thiophene rings is 1. The number of benzene rings is 2. The zero-order valence-corrected chi connectivity index (χ0v) is 15.3. The van der Waals surface area contributed by atoms with Crippen molar-refractivity contribution in [2.45, 2.75) is 6.92 Å². The van der Waals surface area contributed by atoms with Gasteiger partial charge in [0.05, 0.1) is 22.5 Å². The van der Waals surface area contributed by atoms with Gasteiger partial charge in [-0.25, -0.2) is 4.98 Å². The van der Waals surface area contributed by atoms with Gasteiger partial charge in [-0.05, 0) is 36.8 Å². The molecule has 0 radical (unpaired) electrons. The number of nitrogen functional groups attached to an aromatic ring is 1. The van der Waals surface area contributed by atoms with Crippen molar-refractivity contribution in [1.82, 2.24) is 4.98 Å². The molecule has 2 amide bonds. The number of primary amides is 1. The van der Waals surface area contributed by atoms with Crippen molar-refractivity contribution in [1.29, 1.82) is 0 Å². The molecule has 0 aliphatic heterocycles. The number of carbonyl (C=O) groups is 2. The van der Waals surface area contributed by atoms with Crippen LogP contribution in [0.1, 0.15) is 25.6 Å². The predicted octanol–water partition coefficient (Wildman–Crippen LogP) is 3.69. The van der Waals surface area contributed by atoms with Crippen LogP contribution in [0, 0.1) is 6.92 Å². The van der Waals surface area contributed by atoms with Gasteiger partial charge in [0.1, 0.15) is 9.71 Å². The summed E-state index contributed by atoms with van der Waals surface area (Å²) in [6.07, 6.45) is 0. The number of nitrogens with zero attached hydrogens (tertiary/aromatic N) is 1. The number of amides is 2. The molecule has 0 saturated carbocycles. The molecule has 134 valence electrons. The maximum absolute atomic E-state index is 12.8. The molecule has 27 heavy (non-hydrogen) atoms. The van der Waals surface area contributed by atoms with Crippen LogP contribution >= 0.6 is 11.3 Å². The van der Waals surface area contributed by atoms with Crippen LogP contribution in [0.3, 0.4) is 0 Å². The Labute approximate surface area is 158 Å². The molecular formula is C20H16N4O2S. The Balaban J connectivity index is 1.77. The molecular weight excluding hydrogens is 360 g/mol. The average molecular weight is 376 g/mol. The lowest BCUT2D eigenvalue weighted by molar-refractivity contribution is 0.100. The van der Waals surface area contributed by atoms with E-state index in [2.05, 4.69) is 10.3 Å². The highest BCUT2D eigenvalue weighted by Gasteiger charge is 2.19. The number of para-hydroxylation sites is 1. The number of nitrogens with one attached hydrogen (secondary N) is 1. The van der Waals surface area contributed by atoms with Gasteiger partial charge in [-0.3, -0.25) is 9.59 Å². The summed E-state index contributed by atoms with van der Waals surface area (Å²) in [6, 6.07) is 14.5. The van der Waals surface area contributed by atoms with Gasteiger partial charge in [0.25, 0.3) is 11.8 Å². The lowest BCUT2D eigenvalue weighted by Gasteiger charge is -2.08. The van der Waals surface area contributed by atoms with E-state index in [0.29, 0.717) is 21.1 Å². The molecule has 0 bridgehead atoms. The summed E-state index contributed by atoms with van der Waals surface area (Å²) < 4.78 is 0. The van der Waals surface area contributed by atoms with Crippen LogP contribution in [0.5, 0.6) is 0 Å². The summed E-state index contributed by atoms with van der Waals surface area (Å²) in [5.41, 5.74) is 14.5. The molecule has 6 nitrogen and oxygen atoms in total. The normalized spacial score (nSPS) is 11.0. The highest BCUT2D eigenvalue weighted by Crippen LogP contribution is 2.35. The van der Waals surface area contributed by atoms with E-state index in [-0.39, 0.29) is 5.56 Å². The highest BCUT2D eigenvalue weighted by atomic mass is 32.1. The Morgan fingerprint density at radius 2 is 1.89 bits per heavy atom. The fraction of sp³-hybridized carbons (Fsp3) is 0.0500. The Morgan fingerprint density at radius 3 is 2.67 bits per heavy atom. The molecule has 0 aliphatic rings. The minimum atomic E-state index is -0.613. The number of nitrogens with two attached hydrogens (primary N) is 2. The smallest absolute Gasteiger partial charge is 0.267 e. The lowest BCUT2D eigenvalue weighted by atomic mass is 10.1. The van der Waals surface area contributed by atoms with E-state index in [9.17, 15) is 9.59 Å². The number of hydrogen-bond donors (Lipinski definition) is 3. The molecule has 0 aliphatic carbocycles. The van der Waals surface area contributed by atoms with Crippen LogP contribution < -0.4 is 16.8 Å². The molecule has 2 heterocycles. The van der Waals surface area contributed by atoms with E-state index in [0.717, 1.165) is 21.9 Å². The van der Waals surface area contributed by atoms with Gasteiger partial charge in [0.15, 0.2) is 0 Å². The molecule has 0 fully saturated rings. The number of carbonyl (C=O) groups excluding carboxylic acids is 2. The van der Waals surface area contributed by atoms with Crippen LogP contribution in [-0.2, 0) is 0 Å². The molecule has 0 unspecified atom stereocenters. The third kappa shape index (κ3) is 2.98. The van der Waals surface area contributed by atoms with E-state index in [1.165, 1.54) is 11.3 Å². The highest BCUT2D eigenvalue weighted by molar-refractivity contribution is 7.21. The summed E-state index contributed by atoms with van der Waals surface area (Å²) in [5.74, 6) is -1.01. The quantitative estimate of drug-likeness (QED) is 0.506. The van der Waals surface area contributed by atoms with E-state index in [1.807, 2.05) is 31.2 Å². The van der Waals surface area contributed by atoms with Crippen LogP contribution in [0.25, 0.3) is 21.1 Å². The first-order chi connectivity index (χ1) is 12.9. The van der Waals surface area contributed by atoms with E-state index in [1.54, 1.807) is 24.3 Å². The minimum Gasteiger partial charge on any atom is -0.397 e. The first-order valence-corrected chi connectivity index (χ1v) is 9.05. The van der Waals surface area contributed by atoms with Crippen molar-refractivity contribution in [2.75, 3.05) is 11.1 Å². The molecule has 4 rings (SSSR count). The number of aromatic nitrogens is 1. The molecule has 2 aromatic carbocycles. The minimum absolute atomic E-state index is 0.241. The SMILES string of the molecule is Cc1ccc2cc3c(N)c(C(=O)Nc4ccccc4C(N)=O)sc3nc2c1.